The van der Waals surface area contributed by atoms with Crippen LogP contribution in [-0.4, -0.2) is 19.6 Å². The molecule has 0 fully saturated rings. The van der Waals surface area contributed by atoms with E-state index in [1.54, 1.807) is 6.07 Å². The van der Waals surface area contributed by atoms with E-state index in [2.05, 4.69) is 152 Å². The van der Waals surface area contributed by atoms with Crippen LogP contribution < -0.4 is 0 Å². The standard InChI is InChI=1S/C55H55N3O/c1-35-34-56-47(33-44(35)36-18-13-11-14-19-36)39-28-38(29-42(30-39)55(8,9)10)43-22-17-23-49-51(43)57-52(46-32-41(54(5,6)7)25-27-50(46)59)58(49)48-26-24-40(53(2,3)4)31-45(48)37-20-15-12-16-21-37/h11-34,59H,1-10H3/i1D3. The first-order valence-electron chi connectivity index (χ1n) is 22.0. The molecule has 0 spiro atoms. The van der Waals surface area contributed by atoms with Gasteiger partial charge >= 0.3 is 0 Å². The molecule has 296 valence electrons. The molecule has 6 aromatic carbocycles. The zero-order valence-electron chi connectivity index (χ0n) is 38.6. The summed E-state index contributed by atoms with van der Waals surface area (Å²) in [7, 11) is 0. The maximum Gasteiger partial charge on any atom is 0.149 e. The Morgan fingerprint density at radius 1 is 0.508 bits per heavy atom. The largest absolute Gasteiger partial charge is 0.507 e. The van der Waals surface area contributed by atoms with Gasteiger partial charge < -0.3 is 5.11 Å². The number of aromatic hydroxyl groups is 1. The summed E-state index contributed by atoms with van der Waals surface area (Å²) in [6, 6.07) is 47.4. The van der Waals surface area contributed by atoms with Crippen LogP contribution in [0, 0.1) is 6.85 Å². The lowest BCUT2D eigenvalue weighted by Gasteiger charge is -2.23. The van der Waals surface area contributed by atoms with E-state index in [4.69, 9.17) is 14.1 Å². The van der Waals surface area contributed by atoms with Gasteiger partial charge in [-0.3, -0.25) is 9.55 Å². The van der Waals surface area contributed by atoms with Crippen molar-refractivity contribution in [3.63, 3.8) is 0 Å². The summed E-state index contributed by atoms with van der Waals surface area (Å²) in [4.78, 5) is 10.3. The molecule has 8 rings (SSSR count). The van der Waals surface area contributed by atoms with E-state index in [0.717, 1.165) is 61.2 Å². The lowest BCUT2D eigenvalue weighted by atomic mass is 9.83. The number of aromatic nitrogens is 3. The van der Waals surface area contributed by atoms with Crippen molar-refractivity contribution in [2.75, 3.05) is 0 Å². The van der Waals surface area contributed by atoms with Crippen LogP contribution in [0.4, 0.5) is 0 Å². The molecule has 0 saturated heterocycles. The number of phenols is 1. The van der Waals surface area contributed by atoms with Crippen molar-refractivity contribution in [2.45, 2.75) is 85.4 Å². The second kappa shape index (κ2) is 14.8. The minimum atomic E-state index is -2.34. The van der Waals surface area contributed by atoms with E-state index in [-0.39, 0.29) is 27.6 Å². The predicted molar refractivity (Wildman–Crippen MR) is 249 cm³/mol. The lowest BCUT2D eigenvalue weighted by molar-refractivity contribution is 0.475. The number of benzene rings is 6. The van der Waals surface area contributed by atoms with Crippen LogP contribution in [0.3, 0.4) is 0 Å². The molecule has 0 amide bonds. The molecule has 0 radical (unpaired) electrons. The number of hydrogen-bond acceptors (Lipinski definition) is 3. The SMILES string of the molecule is [2H]C([2H])([2H])c1cnc(-c2cc(-c3cccc4c3nc(-c3cc(C(C)(C)C)ccc3O)n4-c3ccc(C(C)(C)C)cc3-c3ccccc3)cc(C(C)(C)C)c2)cc1-c1ccccc1. The van der Waals surface area contributed by atoms with Gasteiger partial charge in [0, 0.05) is 27.0 Å². The highest BCUT2D eigenvalue weighted by Crippen LogP contribution is 2.43. The zero-order valence-corrected chi connectivity index (χ0v) is 35.6. The van der Waals surface area contributed by atoms with E-state index in [0.29, 0.717) is 22.6 Å². The number of rotatable bonds is 6. The summed E-state index contributed by atoms with van der Waals surface area (Å²) in [5.41, 5.74) is 13.4. The molecule has 0 saturated carbocycles. The molecular weight excluding hydrogens is 719 g/mol. The minimum absolute atomic E-state index is 0.0893. The quantitative estimate of drug-likeness (QED) is 0.183. The second-order valence-corrected chi connectivity index (χ2v) is 18.8. The van der Waals surface area contributed by atoms with E-state index in [1.165, 1.54) is 11.8 Å². The molecule has 8 aromatic rings. The average molecular weight is 777 g/mol. The van der Waals surface area contributed by atoms with Gasteiger partial charge in [-0.2, -0.15) is 0 Å². The monoisotopic (exact) mass is 776 g/mol. The molecule has 4 heteroatoms. The molecule has 0 aliphatic heterocycles. The van der Waals surface area contributed by atoms with Crippen LogP contribution >= 0.6 is 0 Å². The minimum Gasteiger partial charge on any atom is -0.507 e. The van der Waals surface area contributed by atoms with Gasteiger partial charge in [0.1, 0.15) is 11.6 Å². The van der Waals surface area contributed by atoms with Gasteiger partial charge in [0.05, 0.1) is 28.0 Å². The van der Waals surface area contributed by atoms with Crippen molar-refractivity contribution < 1.29 is 9.22 Å². The molecule has 0 unspecified atom stereocenters. The molecule has 1 N–H and O–H groups in total. The van der Waals surface area contributed by atoms with Gasteiger partial charge in [-0.25, -0.2) is 4.98 Å². The Balaban J connectivity index is 1.43. The van der Waals surface area contributed by atoms with Gasteiger partial charge in [0.15, 0.2) is 0 Å². The number of nitrogens with zero attached hydrogens (tertiary/aromatic N) is 3. The fourth-order valence-electron chi connectivity index (χ4n) is 7.82. The summed E-state index contributed by atoms with van der Waals surface area (Å²) >= 11 is 0. The summed E-state index contributed by atoms with van der Waals surface area (Å²) in [5.74, 6) is 0.792. The molecule has 0 aliphatic carbocycles. The normalized spacial score (nSPS) is 13.3. The third-order valence-corrected chi connectivity index (χ3v) is 11.4. The van der Waals surface area contributed by atoms with Crippen LogP contribution in [0.1, 0.15) is 88.7 Å². The number of para-hydroxylation sites is 1. The third-order valence-electron chi connectivity index (χ3n) is 11.4. The highest BCUT2D eigenvalue weighted by Gasteiger charge is 2.26. The van der Waals surface area contributed by atoms with Gasteiger partial charge in [0.2, 0.25) is 0 Å². The molecule has 0 atom stereocenters. The first kappa shape index (κ1) is 35.9. The number of aryl methyl sites for hydroxylation is 1. The van der Waals surface area contributed by atoms with E-state index < -0.39 is 6.85 Å². The molecule has 0 aliphatic rings. The summed E-state index contributed by atoms with van der Waals surface area (Å²) in [6.45, 7) is 17.5. The van der Waals surface area contributed by atoms with Crippen molar-refractivity contribution in [3.8, 4) is 67.5 Å². The van der Waals surface area contributed by atoms with Crippen LogP contribution in [0.25, 0.3) is 72.7 Å². The maximum absolute atomic E-state index is 11.7. The Morgan fingerprint density at radius 3 is 1.73 bits per heavy atom. The van der Waals surface area contributed by atoms with Crippen LogP contribution in [0.2, 0.25) is 0 Å². The summed E-state index contributed by atoms with van der Waals surface area (Å²) in [6.07, 6.45) is 1.51. The molecule has 59 heavy (non-hydrogen) atoms. The number of imidazole rings is 1. The van der Waals surface area contributed by atoms with Gasteiger partial charge in [-0.15, -0.1) is 0 Å². The topological polar surface area (TPSA) is 50.9 Å². The summed E-state index contributed by atoms with van der Waals surface area (Å²) in [5, 5.41) is 11.7. The van der Waals surface area contributed by atoms with Gasteiger partial charge in [0.25, 0.3) is 0 Å². The Labute approximate surface area is 354 Å². The van der Waals surface area contributed by atoms with E-state index >= 15 is 0 Å². The number of phenolic OH excluding ortho intramolecular Hbond substituents is 1. The number of fused-ring (bicyclic) bond motifs is 1. The molecular formula is C55H55N3O. The third kappa shape index (κ3) is 7.72. The Bertz CT molecular complexity index is 2940. The molecule has 0 bridgehead atoms. The van der Waals surface area contributed by atoms with Crippen LogP contribution in [0.15, 0.2) is 146 Å². The van der Waals surface area contributed by atoms with Gasteiger partial charge in [-0.05, 0) is 116 Å². The molecule has 2 aromatic heterocycles. The zero-order chi connectivity index (χ0) is 44.4. The van der Waals surface area contributed by atoms with Crippen LogP contribution in [0.5, 0.6) is 5.75 Å². The Morgan fingerprint density at radius 2 is 1.10 bits per heavy atom. The highest BCUT2D eigenvalue weighted by molar-refractivity contribution is 5.98. The lowest BCUT2D eigenvalue weighted by Crippen LogP contribution is -2.12. The molecule has 4 nitrogen and oxygen atoms in total. The molecule has 2 heterocycles. The maximum atomic E-state index is 11.7. The van der Waals surface area contributed by atoms with Crippen molar-refractivity contribution in [1.29, 1.82) is 0 Å². The number of pyridine rings is 1. The predicted octanol–water partition coefficient (Wildman–Crippen LogP) is 14.7. The number of hydrogen-bond donors (Lipinski definition) is 1. The van der Waals surface area contributed by atoms with E-state index in [9.17, 15) is 5.11 Å². The van der Waals surface area contributed by atoms with Crippen molar-refractivity contribution in [1.82, 2.24) is 14.5 Å². The first-order valence-corrected chi connectivity index (χ1v) is 20.5. The van der Waals surface area contributed by atoms with Crippen molar-refractivity contribution in [3.05, 3.63) is 168 Å². The van der Waals surface area contributed by atoms with E-state index in [1.807, 2.05) is 48.5 Å². The smallest absolute Gasteiger partial charge is 0.149 e. The van der Waals surface area contributed by atoms with Gasteiger partial charge in [-0.1, -0.05) is 153 Å². The average Bonchev–Trinajstić information content (AvgIpc) is 3.62. The Kier molecular flexibility index (Phi) is 9.02. The Hall–Kier alpha value is -6.26. The highest BCUT2D eigenvalue weighted by atomic mass is 16.3. The summed E-state index contributed by atoms with van der Waals surface area (Å²) < 4.78 is 27.2. The van der Waals surface area contributed by atoms with Crippen LogP contribution in [-0.2, 0) is 16.2 Å². The van der Waals surface area contributed by atoms with Crippen molar-refractivity contribution in [2.24, 2.45) is 0 Å². The second-order valence-electron chi connectivity index (χ2n) is 18.8. The fourth-order valence-corrected chi connectivity index (χ4v) is 7.82. The fraction of sp³-hybridized carbons (Fsp3) is 0.236. The first-order chi connectivity index (χ1) is 29.2. The van der Waals surface area contributed by atoms with Crippen molar-refractivity contribution >= 4 is 11.0 Å².